The lowest BCUT2D eigenvalue weighted by molar-refractivity contribution is -0.105. The molecule has 0 spiro atoms. The second-order valence-electron chi connectivity index (χ2n) is 9.18. The molecule has 0 saturated carbocycles. The summed E-state index contributed by atoms with van der Waals surface area (Å²) in [5.74, 6) is 0.831. The number of piperidine rings is 1. The second-order valence-corrected chi connectivity index (χ2v) is 9.18. The molecule has 2 N–H and O–H groups in total. The zero-order valence-corrected chi connectivity index (χ0v) is 17.5. The molecule has 1 aromatic rings. The van der Waals surface area contributed by atoms with Crippen LogP contribution in [0.4, 0.5) is 16.2 Å². The van der Waals surface area contributed by atoms with Gasteiger partial charge >= 0.3 is 6.09 Å². The summed E-state index contributed by atoms with van der Waals surface area (Å²) in [4.78, 5) is 30.3. The Balaban J connectivity index is 1.85. The van der Waals surface area contributed by atoms with Crippen LogP contribution in [0.1, 0.15) is 64.6 Å². The van der Waals surface area contributed by atoms with Crippen LogP contribution >= 0.6 is 0 Å². The van der Waals surface area contributed by atoms with E-state index in [9.17, 15) is 9.59 Å². The number of fused-ring (bicyclic) bond motifs is 1. The molecule has 2 aliphatic rings. The number of aromatic nitrogens is 1. The van der Waals surface area contributed by atoms with Crippen LogP contribution in [0.25, 0.3) is 0 Å². The topological polar surface area (TPSA) is 83.6 Å². The minimum absolute atomic E-state index is 0.00896. The molecule has 2 amide bonds. The molecule has 2 heterocycles. The van der Waals surface area contributed by atoms with Crippen molar-refractivity contribution in [1.82, 2.24) is 10.3 Å². The van der Waals surface area contributed by atoms with Crippen LogP contribution in [0.5, 0.6) is 0 Å². The first kappa shape index (κ1) is 20.4. The summed E-state index contributed by atoms with van der Waals surface area (Å²) in [6.07, 6.45) is 5.02. The lowest BCUT2D eigenvalue weighted by atomic mass is 9.94. The van der Waals surface area contributed by atoms with Crippen LogP contribution < -0.4 is 15.5 Å². The zero-order chi connectivity index (χ0) is 20.5. The van der Waals surface area contributed by atoms with E-state index in [4.69, 9.17) is 4.74 Å². The Kier molecular flexibility index (Phi) is 5.82. The highest BCUT2D eigenvalue weighted by molar-refractivity contribution is 5.83. The predicted molar refractivity (Wildman–Crippen MR) is 110 cm³/mol. The highest BCUT2D eigenvalue weighted by Gasteiger charge is 2.33. The van der Waals surface area contributed by atoms with E-state index >= 15 is 0 Å². The molecule has 0 bridgehead atoms. The van der Waals surface area contributed by atoms with Crippen molar-refractivity contribution >= 4 is 23.9 Å². The van der Waals surface area contributed by atoms with E-state index < -0.39 is 5.60 Å². The first-order chi connectivity index (χ1) is 13.2. The molecule has 1 unspecified atom stereocenters. The van der Waals surface area contributed by atoms with Gasteiger partial charge in [0.15, 0.2) is 0 Å². The Labute approximate surface area is 167 Å². The summed E-state index contributed by atoms with van der Waals surface area (Å²) in [7, 11) is 0. The van der Waals surface area contributed by atoms with Gasteiger partial charge in [0.2, 0.25) is 6.41 Å². The van der Waals surface area contributed by atoms with Gasteiger partial charge < -0.3 is 20.3 Å². The Bertz CT molecular complexity index is 744. The third-order valence-electron chi connectivity index (χ3n) is 5.39. The Morgan fingerprint density at radius 3 is 2.75 bits per heavy atom. The van der Waals surface area contributed by atoms with E-state index in [0.717, 1.165) is 42.9 Å². The molecule has 0 aromatic carbocycles. The minimum Gasteiger partial charge on any atom is -0.444 e. The lowest BCUT2D eigenvalue weighted by Crippen LogP contribution is -2.51. The fourth-order valence-corrected chi connectivity index (χ4v) is 4.37. The van der Waals surface area contributed by atoms with E-state index in [0.29, 0.717) is 24.8 Å². The average Bonchev–Trinajstić information content (AvgIpc) is 2.93. The quantitative estimate of drug-likeness (QED) is 0.772. The number of hydrogen-bond donors (Lipinski definition) is 2. The number of pyridine rings is 1. The molecule has 28 heavy (non-hydrogen) atoms. The molecule has 7 heteroatoms. The molecule has 3 atom stereocenters. The summed E-state index contributed by atoms with van der Waals surface area (Å²) in [5, 5.41) is 5.85. The zero-order valence-electron chi connectivity index (χ0n) is 17.5. The molecule has 7 nitrogen and oxygen atoms in total. The fourth-order valence-electron chi connectivity index (χ4n) is 4.37. The number of anilines is 2. The summed E-state index contributed by atoms with van der Waals surface area (Å²) < 4.78 is 5.43. The number of ether oxygens (including phenoxy) is 1. The third kappa shape index (κ3) is 4.56. The van der Waals surface area contributed by atoms with Gasteiger partial charge in [-0.2, -0.15) is 0 Å². The van der Waals surface area contributed by atoms with Gasteiger partial charge in [0.05, 0.1) is 17.6 Å². The largest absolute Gasteiger partial charge is 0.444 e. The van der Waals surface area contributed by atoms with Crippen LogP contribution in [0.3, 0.4) is 0 Å². The molecule has 1 aliphatic heterocycles. The third-order valence-corrected chi connectivity index (χ3v) is 5.39. The maximum atomic E-state index is 12.3. The Morgan fingerprint density at radius 2 is 2.07 bits per heavy atom. The first-order valence-electron chi connectivity index (χ1n) is 10.1. The second kappa shape index (κ2) is 7.97. The van der Waals surface area contributed by atoms with Gasteiger partial charge in [-0.3, -0.25) is 9.78 Å². The average molecular weight is 389 g/mol. The smallest absolute Gasteiger partial charge is 0.407 e. The van der Waals surface area contributed by atoms with E-state index in [1.54, 1.807) is 6.20 Å². The number of alkyl carbamates (subject to hydrolysis) is 1. The fraction of sp³-hybridized carbons (Fsp3) is 0.667. The van der Waals surface area contributed by atoms with Crippen molar-refractivity contribution in [2.75, 3.05) is 23.3 Å². The predicted octanol–water partition coefficient (Wildman–Crippen LogP) is 3.44. The highest BCUT2D eigenvalue weighted by Crippen LogP contribution is 2.42. The summed E-state index contributed by atoms with van der Waals surface area (Å²) in [6, 6.07) is -0.00896. The van der Waals surface area contributed by atoms with Crippen LogP contribution in [-0.2, 0) is 16.0 Å². The molecule has 154 valence electrons. The van der Waals surface area contributed by atoms with Crippen LogP contribution in [0.2, 0.25) is 0 Å². The van der Waals surface area contributed by atoms with Crippen LogP contribution in [-0.4, -0.2) is 42.2 Å². The van der Waals surface area contributed by atoms with E-state index in [1.807, 2.05) is 20.8 Å². The number of amides is 2. The summed E-state index contributed by atoms with van der Waals surface area (Å²) >= 11 is 0. The first-order valence-corrected chi connectivity index (χ1v) is 10.1. The van der Waals surface area contributed by atoms with Crippen molar-refractivity contribution in [3.8, 4) is 0 Å². The molecule has 0 radical (unpaired) electrons. The summed E-state index contributed by atoms with van der Waals surface area (Å²) in [5.41, 5.74) is 3.63. The summed E-state index contributed by atoms with van der Waals surface area (Å²) in [6.45, 7) is 11.5. The maximum Gasteiger partial charge on any atom is 0.407 e. The van der Waals surface area contributed by atoms with E-state index in [2.05, 4.69) is 34.4 Å². The molecular weight excluding hydrogens is 356 g/mol. The molecule has 1 saturated heterocycles. The molecule has 1 aromatic heterocycles. The van der Waals surface area contributed by atoms with Gasteiger partial charge in [0.1, 0.15) is 5.60 Å². The van der Waals surface area contributed by atoms with Crippen molar-refractivity contribution in [2.24, 2.45) is 5.92 Å². The molecular formula is C21H32N4O3. The van der Waals surface area contributed by atoms with Crippen molar-refractivity contribution in [2.45, 2.75) is 71.4 Å². The van der Waals surface area contributed by atoms with Crippen molar-refractivity contribution < 1.29 is 14.3 Å². The van der Waals surface area contributed by atoms with Gasteiger partial charge in [-0.05, 0) is 57.4 Å². The Morgan fingerprint density at radius 1 is 1.32 bits per heavy atom. The number of carbonyl (C=O) groups excluding carboxylic acids is 2. The number of rotatable bonds is 4. The molecule has 1 fully saturated rings. The van der Waals surface area contributed by atoms with Gasteiger partial charge in [-0.1, -0.05) is 13.8 Å². The standard InChI is InChI=1S/C21H32N4O3/c1-13-8-15(24-20(27)28-21(3,4)5)11-25(10-13)19-16-7-6-14(2)18(16)22-9-17(19)23-12-26/h9,12-15H,6-8,10-11H2,1-5H3,(H,23,26)(H,24,27)/t13-,14?,15+/m1/s1. The van der Waals surface area contributed by atoms with Gasteiger partial charge in [-0.15, -0.1) is 0 Å². The van der Waals surface area contributed by atoms with E-state index in [1.165, 1.54) is 5.56 Å². The van der Waals surface area contributed by atoms with Crippen molar-refractivity contribution in [3.63, 3.8) is 0 Å². The van der Waals surface area contributed by atoms with Crippen LogP contribution in [0, 0.1) is 5.92 Å². The van der Waals surface area contributed by atoms with Gasteiger partial charge in [0.25, 0.3) is 0 Å². The number of carbonyl (C=O) groups is 2. The molecule has 1 aliphatic carbocycles. The Hall–Kier alpha value is -2.31. The van der Waals surface area contributed by atoms with Gasteiger partial charge in [-0.25, -0.2) is 4.79 Å². The number of nitrogens with zero attached hydrogens (tertiary/aromatic N) is 2. The van der Waals surface area contributed by atoms with Gasteiger partial charge in [0, 0.05) is 24.8 Å². The van der Waals surface area contributed by atoms with Crippen LogP contribution in [0.15, 0.2) is 6.20 Å². The van der Waals surface area contributed by atoms with Crippen molar-refractivity contribution in [1.29, 1.82) is 0 Å². The highest BCUT2D eigenvalue weighted by atomic mass is 16.6. The normalized spacial score (nSPS) is 24.5. The number of hydrogen-bond acceptors (Lipinski definition) is 5. The minimum atomic E-state index is -0.521. The maximum absolute atomic E-state index is 12.3. The number of nitrogens with one attached hydrogen (secondary N) is 2. The molecule has 3 rings (SSSR count). The monoisotopic (exact) mass is 388 g/mol. The van der Waals surface area contributed by atoms with Crippen molar-refractivity contribution in [3.05, 3.63) is 17.5 Å². The van der Waals surface area contributed by atoms with E-state index in [-0.39, 0.29) is 12.1 Å². The SMILES string of the molecule is CC1CCc2c1ncc(NC=O)c2N1C[C@H](C)C[C@H](NC(=O)OC(C)(C)C)C1. The lowest BCUT2D eigenvalue weighted by Gasteiger charge is -2.40.